The number of ether oxygens (including phenoxy) is 2. The average Bonchev–Trinajstić information content (AvgIpc) is 2.80. The lowest BCUT2D eigenvalue weighted by atomic mass is 10.2. The molecule has 7 heteroatoms. The van der Waals surface area contributed by atoms with Gasteiger partial charge in [0.25, 0.3) is 5.91 Å². The zero-order valence-corrected chi connectivity index (χ0v) is 16.6. The van der Waals surface area contributed by atoms with Gasteiger partial charge >= 0.3 is 0 Å². The van der Waals surface area contributed by atoms with Crippen molar-refractivity contribution in [1.82, 2.24) is 9.97 Å². The maximum atomic E-state index is 12.7. The number of aromatic nitrogens is 2. The quantitative estimate of drug-likeness (QED) is 0.457. The number of hydrogen-bond acceptors (Lipinski definition) is 6. The van der Waals surface area contributed by atoms with E-state index in [1.807, 2.05) is 48.5 Å². The zero-order chi connectivity index (χ0) is 21.5. The van der Waals surface area contributed by atoms with Gasteiger partial charge in [0.2, 0.25) is 11.8 Å². The van der Waals surface area contributed by atoms with Crippen molar-refractivity contribution in [3.8, 4) is 17.4 Å². The molecule has 0 fully saturated rings. The Kier molecular flexibility index (Phi) is 6.04. The first-order valence-corrected chi connectivity index (χ1v) is 9.61. The van der Waals surface area contributed by atoms with Crippen molar-refractivity contribution in [3.63, 3.8) is 0 Å². The lowest BCUT2D eigenvalue weighted by molar-refractivity contribution is 0.102. The van der Waals surface area contributed by atoms with Gasteiger partial charge in [-0.3, -0.25) is 4.79 Å². The third-order valence-corrected chi connectivity index (χ3v) is 4.34. The van der Waals surface area contributed by atoms with E-state index in [1.165, 1.54) is 6.20 Å². The van der Waals surface area contributed by atoms with Crippen LogP contribution in [-0.4, -0.2) is 15.9 Å². The number of anilines is 2. The molecule has 0 saturated carbocycles. The summed E-state index contributed by atoms with van der Waals surface area (Å²) in [6.45, 7) is 0.466. The van der Waals surface area contributed by atoms with Crippen molar-refractivity contribution in [2.75, 3.05) is 11.1 Å². The van der Waals surface area contributed by atoms with Crippen LogP contribution in [-0.2, 0) is 6.61 Å². The van der Waals surface area contributed by atoms with Crippen LogP contribution in [0.25, 0.3) is 0 Å². The number of carbonyl (C=O) groups is 1. The summed E-state index contributed by atoms with van der Waals surface area (Å²) in [5.74, 6) is 0.858. The number of benzene rings is 3. The van der Waals surface area contributed by atoms with E-state index in [0.29, 0.717) is 23.8 Å². The average molecular weight is 412 g/mol. The first-order chi connectivity index (χ1) is 15.2. The molecule has 4 aromatic rings. The van der Waals surface area contributed by atoms with Crippen LogP contribution in [0.5, 0.6) is 17.4 Å². The molecule has 0 saturated heterocycles. The maximum absolute atomic E-state index is 12.7. The second-order valence-electron chi connectivity index (χ2n) is 6.61. The van der Waals surface area contributed by atoms with Crippen LogP contribution in [0.3, 0.4) is 0 Å². The smallest absolute Gasteiger partial charge is 0.262 e. The van der Waals surface area contributed by atoms with Crippen LogP contribution in [0, 0.1) is 0 Å². The summed E-state index contributed by atoms with van der Waals surface area (Å²) in [7, 11) is 0. The van der Waals surface area contributed by atoms with Crippen molar-refractivity contribution in [1.29, 1.82) is 0 Å². The van der Waals surface area contributed by atoms with Crippen LogP contribution in [0.2, 0.25) is 0 Å². The Hall–Kier alpha value is -4.39. The van der Waals surface area contributed by atoms with E-state index in [2.05, 4.69) is 15.3 Å². The summed E-state index contributed by atoms with van der Waals surface area (Å²) in [6, 6.07) is 26.0. The predicted molar refractivity (Wildman–Crippen MR) is 118 cm³/mol. The normalized spacial score (nSPS) is 10.3. The van der Waals surface area contributed by atoms with Crippen molar-refractivity contribution < 1.29 is 14.3 Å². The number of nitrogens with two attached hydrogens (primary N) is 1. The molecule has 154 valence electrons. The summed E-state index contributed by atoms with van der Waals surface area (Å²) in [5.41, 5.74) is 7.59. The third-order valence-electron chi connectivity index (χ3n) is 4.34. The molecule has 0 aliphatic carbocycles. The minimum atomic E-state index is -0.399. The number of nitrogens with zero attached hydrogens (tertiary/aromatic N) is 2. The van der Waals surface area contributed by atoms with Crippen molar-refractivity contribution in [2.45, 2.75) is 6.61 Å². The highest BCUT2D eigenvalue weighted by molar-refractivity contribution is 6.05. The number of nitrogens with one attached hydrogen (secondary N) is 1. The van der Waals surface area contributed by atoms with Crippen molar-refractivity contribution in [2.24, 2.45) is 0 Å². The van der Waals surface area contributed by atoms with Crippen LogP contribution >= 0.6 is 0 Å². The minimum Gasteiger partial charge on any atom is -0.489 e. The summed E-state index contributed by atoms with van der Waals surface area (Å²) in [5, 5.41) is 2.79. The molecule has 3 N–H and O–H groups in total. The van der Waals surface area contributed by atoms with Gasteiger partial charge in [0.1, 0.15) is 23.7 Å². The van der Waals surface area contributed by atoms with E-state index in [4.69, 9.17) is 15.2 Å². The lowest BCUT2D eigenvalue weighted by Gasteiger charge is -2.11. The highest BCUT2D eigenvalue weighted by Gasteiger charge is 2.17. The molecular weight excluding hydrogens is 392 g/mol. The van der Waals surface area contributed by atoms with Crippen molar-refractivity contribution in [3.05, 3.63) is 102 Å². The van der Waals surface area contributed by atoms with Gasteiger partial charge in [-0.05, 0) is 42.0 Å². The SMILES string of the molecule is Nc1ncc(C(=O)Nc2ccccc2)c(Oc2ccc(OCc3ccccc3)cc2)n1. The standard InChI is InChI=1S/C24H20N4O3/c25-24-26-15-21(22(29)27-18-9-5-2-6-10-18)23(28-24)31-20-13-11-19(12-14-20)30-16-17-7-3-1-4-8-17/h1-15H,16H2,(H,27,29)(H2,25,26,28). The molecule has 1 amide bonds. The van der Waals surface area contributed by atoms with Gasteiger partial charge in [0.15, 0.2) is 0 Å². The number of amides is 1. The molecule has 4 rings (SSSR count). The van der Waals surface area contributed by atoms with Crippen molar-refractivity contribution >= 4 is 17.5 Å². The number of carbonyl (C=O) groups excluding carboxylic acids is 1. The number of rotatable bonds is 7. The second-order valence-corrected chi connectivity index (χ2v) is 6.61. The molecule has 0 spiro atoms. The predicted octanol–water partition coefficient (Wildman–Crippen LogP) is 4.68. The molecule has 0 radical (unpaired) electrons. The zero-order valence-electron chi connectivity index (χ0n) is 16.6. The minimum absolute atomic E-state index is 0.00840. The fourth-order valence-corrected chi connectivity index (χ4v) is 2.79. The Labute approximate surface area is 179 Å². The largest absolute Gasteiger partial charge is 0.489 e. The molecule has 0 aliphatic heterocycles. The molecule has 3 aromatic carbocycles. The van der Waals surface area contributed by atoms with E-state index >= 15 is 0 Å². The van der Waals surface area contributed by atoms with Gasteiger partial charge in [-0.2, -0.15) is 4.98 Å². The van der Waals surface area contributed by atoms with Gasteiger partial charge < -0.3 is 20.5 Å². The highest BCUT2D eigenvalue weighted by Crippen LogP contribution is 2.26. The van der Waals surface area contributed by atoms with E-state index < -0.39 is 5.91 Å². The fraction of sp³-hybridized carbons (Fsp3) is 0.0417. The first kappa shape index (κ1) is 19.9. The lowest BCUT2D eigenvalue weighted by Crippen LogP contribution is -2.15. The molecule has 0 unspecified atom stereocenters. The van der Waals surface area contributed by atoms with E-state index in [0.717, 1.165) is 5.56 Å². The van der Waals surface area contributed by atoms with E-state index in [9.17, 15) is 4.79 Å². The Bertz CT molecular complexity index is 1150. The Morgan fingerprint density at radius 1 is 0.871 bits per heavy atom. The topological polar surface area (TPSA) is 99.4 Å². The van der Waals surface area contributed by atoms with Gasteiger partial charge in [0, 0.05) is 11.9 Å². The maximum Gasteiger partial charge on any atom is 0.262 e. The van der Waals surface area contributed by atoms with Gasteiger partial charge in [-0.1, -0.05) is 48.5 Å². The molecule has 0 aliphatic rings. The third kappa shape index (κ3) is 5.36. The Morgan fingerprint density at radius 3 is 2.23 bits per heavy atom. The second kappa shape index (κ2) is 9.41. The summed E-state index contributed by atoms with van der Waals surface area (Å²) < 4.78 is 11.6. The van der Waals surface area contributed by atoms with Crippen LogP contribution in [0.1, 0.15) is 15.9 Å². The van der Waals surface area contributed by atoms with Gasteiger partial charge in [-0.25, -0.2) is 4.98 Å². The van der Waals surface area contributed by atoms with E-state index in [-0.39, 0.29) is 17.4 Å². The summed E-state index contributed by atoms with van der Waals surface area (Å²) >= 11 is 0. The van der Waals surface area contributed by atoms with Gasteiger partial charge in [0.05, 0.1) is 0 Å². The number of hydrogen-bond donors (Lipinski definition) is 2. The van der Waals surface area contributed by atoms with Gasteiger partial charge in [-0.15, -0.1) is 0 Å². The summed E-state index contributed by atoms with van der Waals surface area (Å²) in [4.78, 5) is 20.7. The van der Waals surface area contributed by atoms with Crippen LogP contribution in [0.4, 0.5) is 11.6 Å². The first-order valence-electron chi connectivity index (χ1n) is 9.61. The summed E-state index contributed by atoms with van der Waals surface area (Å²) in [6.07, 6.45) is 1.34. The van der Waals surface area contributed by atoms with E-state index in [1.54, 1.807) is 36.4 Å². The fourth-order valence-electron chi connectivity index (χ4n) is 2.79. The van der Waals surface area contributed by atoms with Crippen LogP contribution < -0.4 is 20.5 Å². The molecule has 0 atom stereocenters. The molecule has 0 bridgehead atoms. The number of nitrogen functional groups attached to an aromatic ring is 1. The number of para-hydroxylation sites is 1. The molecule has 31 heavy (non-hydrogen) atoms. The molecule has 1 heterocycles. The molecular formula is C24H20N4O3. The Morgan fingerprint density at radius 2 is 1.52 bits per heavy atom. The molecule has 1 aromatic heterocycles. The Balaban J connectivity index is 1.46. The highest BCUT2D eigenvalue weighted by atomic mass is 16.5. The molecule has 7 nitrogen and oxygen atoms in total. The monoisotopic (exact) mass is 412 g/mol. The van der Waals surface area contributed by atoms with Crippen LogP contribution in [0.15, 0.2) is 91.1 Å².